The molecule has 0 radical (unpaired) electrons. The largest absolute Gasteiger partial charge is 0.481 e. The molecule has 0 aromatic rings. The number of carbonyl (C=O) groups is 2. The smallest absolute Gasteiger partial charge is 0.317 e. The maximum atomic E-state index is 11.7. The molecule has 0 bridgehead atoms. The van der Waals surface area contributed by atoms with E-state index in [9.17, 15) is 9.59 Å². The van der Waals surface area contributed by atoms with Gasteiger partial charge in [-0.05, 0) is 26.7 Å². The molecule has 6 heteroatoms. The molecule has 2 N–H and O–H groups in total. The number of hydrogen-bond acceptors (Lipinski definition) is 3. The van der Waals surface area contributed by atoms with Gasteiger partial charge >= 0.3 is 12.0 Å². The fourth-order valence-electron chi connectivity index (χ4n) is 1.40. The van der Waals surface area contributed by atoms with Gasteiger partial charge in [0.05, 0.1) is 6.61 Å². The van der Waals surface area contributed by atoms with Crippen molar-refractivity contribution >= 4 is 12.0 Å². The van der Waals surface area contributed by atoms with Crippen LogP contribution in [0.2, 0.25) is 0 Å². The van der Waals surface area contributed by atoms with Gasteiger partial charge in [-0.1, -0.05) is 0 Å². The van der Waals surface area contributed by atoms with E-state index in [0.717, 1.165) is 0 Å². The van der Waals surface area contributed by atoms with E-state index in [4.69, 9.17) is 9.84 Å². The van der Waals surface area contributed by atoms with Crippen molar-refractivity contribution in [3.05, 3.63) is 0 Å². The summed E-state index contributed by atoms with van der Waals surface area (Å²) in [5.74, 6) is -0.803. The van der Waals surface area contributed by atoms with E-state index in [0.29, 0.717) is 32.6 Å². The highest BCUT2D eigenvalue weighted by Gasteiger charge is 2.11. The number of aliphatic carboxylic acids is 1. The first-order valence-corrected chi connectivity index (χ1v) is 6.28. The number of carbonyl (C=O) groups excluding carboxylic acids is 1. The first-order valence-electron chi connectivity index (χ1n) is 6.28. The Balaban J connectivity index is 3.74. The fraction of sp³-hybridized carbons (Fsp3) is 0.833. The summed E-state index contributed by atoms with van der Waals surface area (Å²) in [6.07, 6.45) is 1.37. The molecule has 0 rings (SSSR count). The second kappa shape index (κ2) is 9.70. The van der Waals surface area contributed by atoms with Crippen LogP contribution in [0.15, 0.2) is 0 Å². The Bertz CT molecular complexity index is 258. The van der Waals surface area contributed by atoms with Gasteiger partial charge in [0.2, 0.25) is 0 Å². The Morgan fingerprint density at radius 3 is 2.67 bits per heavy atom. The van der Waals surface area contributed by atoms with Gasteiger partial charge in [-0.2, -0.15) is 0 Å². The van der Waals surface area contributed by atoms with Crippen molar-refractivity contribution in [3.63, 3.8) is 0 Å². The summed E-state index contributed by atoms with van der Waals surface area (Å²) in [6, 6.07) is -0.177. The van der Waals surface area contributed by atoms with Crippen LogP contribution in [0.25, 0.3) is 0 Å². The molecule has 0 saturated carbocycles. The molecule has 18 heavy (non-hydrogen) atoms. The van der Waals surface area contributed by atoms with E-state index >= 15 is 0 Å². The average Bonchev–Trinajstić information content (AvgIpc) is 2.28. The normalized spacial score (nSPS) is 11.9. The van der Waals surface area contributed by atoms with Gasteiger partial charge in [-0.15, -0.1) is 0 Å². The van der Waals surface area contributed by atoms with Crippen LogP contribution in [0.4, 0.5) is 4.79 Å². The summed E-state index contributed by atoms with van der Waals surface area (Å²) in [5.41, 5.74) is 0. The number of nitrogens with zero attached hydrogens (tertiary/aromatic N) is 1. The lowest BCUT2D eigenvalue weighted by Gasteiger charge is -2.21. The van der Waals surface area contributed by atoms with Crippen LogP contribution in [-0.2, 0) is 9.53 Å². The molecular weight excluding hydrogens is 236 g/mol. The molecule has 0 aromatic carbocycles. The highest BCUT2D eigenvalue weighted by Crippen LogP contribution is 2.01. The van der Waals surface area contributed by atoms with Crippen LogP contribution in [-0.4, -0.2) is 54.9 Å². The number of amides is 2. The third kappa shape index (κ3) is 8.81. The fourth-order valence-corrected chi connectivity index (χ4v) is 1.40. The highest BCUT2D eigenvalue weighted by atomic mass is 16.5. The summed E-state index contributed by atoms with van der Waals surface area (Å²) in [7, 11) is 1.71. The van der Waals surface area contributed by atoms with Crippen molar-refractivity contribution in [1.29, 1.82) is 0 Å². The lowest BCUT2D eigenvalue weighted by atomic mass is 10.1. The Morgan fingerprint density at radius 2 is 2.11 bits per heavy atom. The van der Waals surface area contributed by atoms with Gasteiger partial charge in [0, 0.05) is 32.7 Å². The topological polar surface area (TPSA) is 78.9 Å². The second-order valence-corrected chi connectivity index (χ2v) is 4.25. The maximum absolute atomic E-state index is 11.7. The van der Waals surface area contributed by atoms with Crippen LogP contribution in [0, 0.1) is 0 Å². The van der Waals surface area contributed by atoms with Crippen LogP contribution in [0.3, 0.4) is 0 Å². The van der Waals surface area contributed by atoms with Crippen molar-refractivity contribution < 1.29 is 19.4 Å². The molecule has 0 heterocycles. The Labute approximate surface area is 108 Å². The predicted molar refractivity (Wildman–Crippen MR) is 68.6 cm³/mol. The second-order valence-electron chi connectivity index (χ2n) is 4.25. The Morgan fingerprint density at radius 1 is 1.44 bits per heavy atom. The first-order chi connectivity index (χ1) is 8.47. The van der Waals surface area contributed by atoms with Gasteiger partial charge in [0.1, 0.15) is 0 Å². The minimum absolute atomic E-state index is 0.0219. The number of nitrogens with one attached hydrogen (secondary N) is 1. The number of likely N-dealkylation sites (N-methyl/N-ethyl adjacent to an activating group) is 1. The lowest BCUT2D eigenvalue weighted by Crippen LogP contribution is -2.43. The highest BCUT2D eigenvalue weighted by molar-refractivity contribution is 5.74. The van der Waals surface area contributed by atoms with Gasteiger partial charge < -0.3 is 20.1 Å². The molecule has 0 spiro atoms. The maximum Gasteiger partial charge on any atom is 0.317 e. The SMILES string of the molecule is CCOCCN(C)C(=O)NC(C)CCCC(=O)O. The van der Waals surface area contributed by atoms with Gasteiger partial charge in [0.25, 0.3) is 0 Å². The van der Waals surface area contributed by atoms with Crippen LogP contribution < -0.4 is 5.32 Å². The quantitative estimate of drug-likeness (QED) is 0.613. The minimum atomic E-state index is -0.803. The monoisotopic (exact) mass is 260 g/mol. The summed E-state index contributed by atoms with van der Waals surface area (Å²) in [6.45, 7) is 5.48. The van der Waals surface area contributed by atoms with Crippen molar-refractivity contribution in [2.24, 2.45) is 0 Å². The zero-order chi connectivity index (χ0) is 14.0. The third-order valence-electron chi connectivity index (χ3n) is 2.52. The molecule has 1 atom stereocenters. The van der Waals surface area contributed by atoms with Crippen molar-refractivity contribution in [3.8, 4) is 0 Å². The van der Waals surface area contributed by atoms with E-state index < -0.39 is 5.97 Å². The number of rotatable bonds is 9. The van der Waals surface area contributed by atoms with Crippen molar-refractivity contribution in [2.45, 2.75) is 39.2 Å². The zero-order valence-corrected chi connectivity index (χ0v) is 11.4. The van der Waals surface area contributed by atoms with Gasteiger partial charge in [0.15, 0.2) is 0 Å². The molecule has 2 amide bonds. The van der Waals surface area contributed by atoms with E-state index in [-0.39, 0.29) is 18.5 Å². The molecule has 6 nitrogen and oxygen atoms in total. The summed E-state index contributed by atoms with van der Waals surface area (Å²) >= 11 is 0. The van der Waals surface area contributed by atoms with Crippen molar-refractivity contribution in [1.82, 2.24) is 10.2 Å². The first kappa shape index (κ1) is 16.7. The minimum Gasteiger partial charge on any atom is -0.481 e. The summed E-state index contributed by atoms with van der Waals surface area (Å²) in [4.78, 5) is 23.6. The molecule has 0 fully saturated rings. The molecule has 0 aliphatic heterocycles. The molecule has 106 valence electrons. The zero-order valence-electron chi connectivity index (χ0n) is 11.4. The molecule has 0 saturated heterocycles. The van der Waals surface area contributed by atoms with E-state index in [2.05, 4.69) is 5.32 Å². The predicted octanol–water partition coefficient (Wildman–Crippen LogP) is 1.31. The van der Waals surface area contributed by atoms with Crippen LogP contribution >= 0.6 is 0 Å². The van der Waals surface area contributed by atoms with E-state index in [1.54, 1.807) is 11.9 Å². The van der Waals surface area contributed by atoms with Crippen molar-refractivity contribution in [2.75, 3.05) is 26.8 Å². The van der Waals surface area contributed by atoms with Gasteiger partial charge in [-0.25, -0.2) is 4.79 Å². The summed E-state index contributed by atoms with van der Waals surface area (Å²) < 4.78 is 5.16. The Hall–Kier alpha value is -1.30. The molecule has 0 aliphatic rings. The number of ether oxygens (including phenoxy) is 1. The van der Waals surface area contributed by atoms with E-state index in [1.807, 2.05) is 13.8 Å². The van der Waals surface area contributed by atoms with Crippen LogP contribution in [0.5, 0.6) is 0 Å². The number of urea groups is 1. The average molecular weight is 260 g/mol. The standard InChI is InChI=1S/C12H24N2O4/c1-4-18-9-8-14(3)12(17)13-10(2)6-5-7-11(15)16/h10H,4-9H2,1-3H3,(H,13,17)(H,15,16). The Kier molecular flexibility index (Phi) is 9.00. The lowest BCUT2D eigenvalue weighted by molar-refractivity contribution is -0.137. The molecule has 0 aromatic heterocycles. The third-order valence-corrected chi connectivity index (χ3v) is 2.52. The van der Waals surface area contributed by atoms with E-state index in [1.165, 1.54) is 0 Å². The van der Waals surface area contributed by atoms with Gasteiger partial charge in [-0.3, -0.25) is 4.79 Å². The molecular formula is C12H24N2O4. The molecule has 0 aliphatic carbocycles. The van der Waals surface area contributed by atoms with Crippen LogP contribution in [0.1, 0.15) is 33.1 Å². The number of hydrogen-bond donors (Lipinski definition) is 2. The number of carboxylic acid groups (broad SMARTS) is 1. The molecule has 1 unspecified atom stereocenters. The summed E-state index contributed by atoms with van der Waals surface area (Å²) in [5, 5.41) is 11.3. The number of carboxylic acids is 1.